The van der Waals surface area contributed by atoms with Gasteiger partial charge in [0.15, 0.2) is 6.61 Å². The first kappa shape index (κ1) is 19.1. The maximum absolute atomic E-state index is 12.2. The molecule has 0 atom stereocenters. The number of rotatable bonds is 5. The number of carbonyl (C=O) groups is 1. The van der Waals surface area contributed by atoms with Gasteiger partial charge in [0.2, 0.25) is 0 Å². The van der Waals surface area contributed by atoms with Crippen LogP contribution in [0.5, 0.6) is 11.5 Å². The Bertz CT molecular complexity index is 766. The van der Waals surface area contributed by atoms with Crippen LogP contribution >= 0.6 is 11.6 Å². The number of ether oxygens (including phenoxy) is 2. The van der Waals surface area contributed by atoms with Crippen molar-refractivity contribution in [3.63, 3.8) is 0 Å². The van der Waals surface area contributed by atoms with E-state index < -0.39 is 0 Å². The Morgan fingerprint density at radius 1 is 1.20 bits per heavy atom. The Labute approximate surface area is 154 Å². The van der Waals surface area contributed by atoms with Gasteiger partial charge in [-0.05, 0) is 41.7 Å². The minimum absolute atomic E-state index is 0.0236. The van der Waals surface area contributed by atoms with Crippen molar-refractivity contribution < 1.29 is 14.3 Å². The van der Waals surface area contributed by atoms with Crippen molar-refractivity contribution in [3.05, 3.63) is 52.5 Å². The molecular formula is C20H24ClNO3. The van der Waals surface area contributed by atoms with Crippen LogP contribution < -0.4 is 14.8 Å². The smallest absolute Gasteiger partial charge is 0.262 e. The van der Waals surface area contributed by atoms with Gasteiger partial charge in [-0.25, -0.2) is 0 Å². The van der Waals surface area contributed by atoms with Crippen molar-refractivity contribution >= 4 is 23.2 Å². The Kier molecular flexibility index (Phi) is 5.96. The van der Waals surface area contributed by atoms with E-state index in [0.717, 1.165) is 11.1 Å². The Morgan fingerprint density at radius 2 is 1.92 bits per heavy atom. The highest BCUT2D eigenvalue weighted by molar-refractivity contribution is 6.31. The summed E-state index contributed by atoms with van der Waals surface area (Å²) in [5.41, 5.74) is 2.61. The molecule has 0 bridgehead atoms. The summed E-state index contributed by atoms with van der Waals surface area (Å²) in [4.78, 5) is 12.2. The van der Waals surface area contributed by atoms with Crippen LogP contribution in [0.25, 0.3) is 0 Å². The van der Waals surface area contributed by atoms with Crippen LogP contribution in [0.4, 0.5) is 5.69 Å². The SMILES string of the molecule is COc1cc(Cl)c(C)cc1NC(=O)COc1cccc(C(C)(C)C)c1. The first-order valence-corrected chi connectivity index (χ1v) is 8.46. The summed E-state index contributed by atoms with van der Waals surface area (Å²) < 4.78 is 10.9. The lowest BCUT2D eigenvalue weighted by Crippen LogP contribution is -2.21. The lowest BCUT2D eigenvalue weighted by molar-refractivity contribution is -0.118. The van der Waals surface area contributed by atoms with Gasteiger partial charge in [-0.3, -0.25) is 4.79 Å². The third kappa shape index (κ3) is 5.13. The molecule has 0 spiro atoms. The molecule has 0 fully saturated rings. The van der Waals surface area contributed by atoms with Crippen molar-refractivity contribution in [2.45, 2.75) is 33.1 Å². The highest BCUT2D eigenvalue weighted by Crippen LogP contribution is 2.31. The van der Waals surface area contributed by atoms with Crippen LogP contribution in [0.2, 0.25) is 5.02 Å². The number of methoxy groups -OCH3 is 1. The van der Waals surface area contributed by atoms with Crippen molar-refractivity contribution in [1.82, 2.24) is 0 Å². The molecular weight excluding hydrogens is 338 g/mol. The summed E-state index contributed by atoms with van der Waals surface area (Å²) in [6, 6.07) is 11.2. The second-order valence-electron chi connectivity index (χ2n) is 6.92. The minimum atomic E-state index is -0.263. The first-order valence-electron chi connectivity index (χ1n) is 8.08. The average Bonchev–Trinajstić information content (AvgIpc) is 2.55. The van der Waals surface area contributed by atoms with Crippen LogP contribution in [-0.2, 0) is 10.2 Å². The summed E-state index contributed by atoms with van der Waals surface area (Å²) >= 11 is 6.08. The van der Waals surface area contributed by atoms with Crippen LogP contribution in [0, 0.1) is 6.92 Å². The molecule has 0 unspecified atom stereocenters. The number of hydrogen-bond donors (Lipinski definition) is 1. The zero-order chi connectivity index (χ0) is 18.6. The second-order valence-corrected chi connectivity index (χ2v) is 7.32. The van der Waals surface area contributed by atoms with Gasteiger partial charge >= 0.3 is 0 Å². The fourth-order valence-corrected chi connectivity index (χ4v) is 2.47. The summed E-state index contributed by atoms with van der Waals surface area (Å²) in [7, 11) is 1.53. The molecule has 0 aliphatic rings. The molecule has 2 rings (SSSR count). The van der Waals surface area contributed by atoms with E-state index in [-0.39, 0.29) is 17.9 Å². The molecule has 0 radical (unpaired) electrons. The van der Waals surface area contributed by atoms with Gasteiger partial charge in [0.25, 0.3) is 5.91 Å². The topological polar surface area (TPSA) is 47.6 Å². The standard InChI is InChI=1S/C20H24ClNO3/c1-13-9-17(18(24-5)11-16(13)21)22-19(23)12-25-15-8-6-7-14(10-15)20(2,3)4/h6-11H,12H2,1-5H3,(H,22,23). The molecule has 2 aromatic rings. The number of halogens is 1. The van der Waals surface area contributed by atoms with Gasteiger partial charge in [0, 0.05) is 11.1 Å². The van der Waals surface area contributed by atoms with Crippen molar-refractivity contribution in [1.29, 1.82) is 0 Å². The number of amides is 1. The van der Waals surface area contributed by atoms with E-state index in [1.807, 2.05) is 31.2 Å². The Balaban J connectivity index is 2.03. The summed E-state index contributed by atoms with van der Waals surface area (Å²) in [6.45, 7) is 8.18. The minimum Gasteiger partial charge on any atom is -0.495 e. The molecule has 0 saturated carbocycles. The normalized spacial score (nSPS) is 11.1. The highest BCUT2D eigenvalue weighted by atomic mass is 35.5. The van der Waals surface area contributed by atoms with Crippen LogP contribution in [0.3, 0.4) is 0 Å². The lowest BCUT2D eigenvalue weighted by Gasteiger charge is -2.19. The average molecular weight is 362 g/mol. The van der Waals surface area contributed by atoms with Gasteiger partial charge in [-0.2, -0.15) is 0 Å². The number of hydrogen-bond acceptors (Lipinski definition) is 3. The molecule has 0 aliphatic heterocycles. The molecule has 1 amide bonds. The largest absolute Gasteiger partial charge is 0.495 e. The van der Waals surface area contributed by atoms with Gasteiger partial charge in [0.05, 0.1) is 12.8 Å². The fourth-order valence-electron chi connectivity index (χ4n) is 2.32. The van der Waals surface area contributed by atoms with E-state index in [4.69, 9.17) is 21.1 Å². The quantitative estimate of drug-likeness (QED) is 0.817. The van der Waals surface area contributed by atoms with E-state index in [1.165, 1.54) is 7.11 Å². The third-order valence-corrected chi connectivity index (χ3v) is 4.23. The molecule has 1 N–H and O–H groups in total. The Morgan fingerprint density at radius 3 is 2.56 bits per heavy atom. The molecule has 2 aromatic carbocycles. The molecule has 134 valence electrons. The second kappa shape index (κ2) is 7.79. The zero-order valence-electron chi connectivity index (χ0n) is 15.3. The monoisotopic (exact) mass is 361 g/mol. The van der Waals surface area contributed by atoms with E-state index in [2.05, 4.69) is 26.1 Å². The number of nitrogens with one attached hydrogen (secondary N) is 1. The number of benzene rings is 2. The third-order valence-electron chi connectivity index (χ3n) is 3.82. The summed E-state index contributed by atoms with van der Waals surface area (Å²) in [5.74, 6) is 0.918. The van der Waals surface area contributed by atoms with Gasteiger partial charge in [0.1, 0.15) is 11.5 Å². The number of anilines is 1. The van der Waals surface area contributed by atoms with Crippen LogP contribution in [-0.4, -0.2) is 19.6 Å². The van der Waals surface area contributed by atoms with Crippen LogP contribution in [0.15, 0.2) is 36.4 Å². The maximum Gasteiger partial charge on any atom is 0.262 e. The van der Waals surface area contributed by atoms with E-state index in [9.17, 15) is 4.79 Å². The molecule has 25 heavy (non-hydrogen) atoms. The lowest BCUT2D eigenvalue weighted by atomic mass is 9.87. The number of carbonyl (C=O) groups excluding carboxylic acids is 1. The summed E-state index contributed by atoms with van der Waals surface area (Å²) in [5, 5.41) is 3.39. The molecule has 0 aliphatic carbocycles. The predicted octanol–water partition coefficient (Wildman–Crippen LogP) is 4.97. The maximum atomic E-state index is 12.2. The fraction of sp³-hybridized carbons (Fsp3) is 0.350. The van der Waals surface area contributed by atoms with E-state index in [0.29, 0.717) is 22.2 Å². The molecule has 0 saturated heterocycles. The Hall–Kier alpha value is -2.20. The molecule has 0 heterocycles. The van der Waals surface area contributed by atoms with Crippen LogP contribution in [0.1, 0.15) is 31.9 Å². The predicted molar refractivity (Wildman–Crippen MR) is 102 cm³/mol. The van der Waals surface area contributed by atoms with E-state index >= 15 is 0 Å². The zero-order valence-corrected chi connectivity index (χ0v) is 16.0. The number of aryl methyl sites for hydroxylation is 1. The first-order chi connectivity index (χ1) is 11.7. The van der Waals surface area contributed by atoms with E-state index in [1.54, 1.807) is 12.1 Å². The molecule has 0 aromatic heterocycles. The van der Waals surface area contributed by atoms with Gasteiger partial charge in [-0.1, -0.05) is 44.5 Å². The van der Waals surface area contributed by atoms with Gasteiger partial charge < -0.3 is 14.8 Å². The molecule has 5 heteroatoms. The molecule has 4 nitrogen and oxygen atoms in total. The highest BCUT2D eigenvalue weighted by Gasteiger charge is 2.15. The van der Waals surface area contributed by atoms with Crippen molar-refractivity contribution in [2.75, 3.05) is 19.0 Å². The van der Waals surface area contributed by atoms with Crippen molar-refractivity contribution in [2.24, 2.45) is 0 Å². The van der Waals surface area contributed by atoms with Gasteiger partial charge in [-0.15, -0.1) is 0 Å². The summed E-state index contributed by atoms with van der Waals surface area (Å²) in [6.07, 6.45) is 0. The van der Waals surface area contributed by atoms with Crippen molar-refractivity contribution in [3.8, 4) is 11.5 Å².